The van der Waals surface area contributed by atoms with Crippen LogP contribution in [0.5, 0.6) is 0 Å². The maximum Gasteiger partial charge on any atom is 0.332 e. The van der Waals surface area contributed by atoms with E-state index in [1.54, 1.807) is 30.3 Å². The summed E-state index contributed by atoms with van der Waals surface area (Å²) in [5, 5.41) is 3.15. The van der Waals surface area contributed by atoms with Crippen molar-refractivity contribution < 1.29 is 9.18 Å². The SMILES string of the molecule is CCc1cccc(NC(=O)Cn2c(=O)n(Cc3ccc(F)cc3)c(=O)c3ccccc32)c1. The summed E-state index contributed by atoms with van der Waals surface area (Å²) in [5.41, 5.74) is 1.66. The Hall–Kier alpha value is -4.00. The number of anilines is 1. The first kappa shape index (κ1) is 21.2. The van der Waals surface area contributed by atoms with E-state index in [9.17, 15) is 18.8 Å². The number of halogens is 1. The Morgan fingerprint density at radius 2 is 1.66 bits per heavy atom. The number of hydrogen-bond donors (Lipinski definition) is 1. The number of carbonyl (C=O) groups is 1. The summed E-state index contributed by atoms with van der Waals surface area (Å²) in [7, 11) is 0. The molecule has 0 atom stereocenters. The number of aryl methyl sites for hydroxylation is 1. The highest BCUT2D eigenvalue weighted by Crippen LogP contribution is 2.13. The molecule has 7 heteroatoms. The third-order valence-electron chi connectivity index (χ3n) is 5.31. The van der Waals surface area contributed by atoms with Crippen molar-refractivity contribution >= 4 is 22.5 Å². The molecule has 0 aliphatic rings. The second-order valence-electron chi connectivity index (χ2n) is 7.51. The maximum absolute atomic E-state index is 13.2. The van der Waals surface area contributed by atoms with Gasteiger partial charge in [0.2, 0.25) is 5.91 Å². The molecule has 1 amide bonds. The zero-order chi connectivity index (χ0) is 22.7. The van der Waals surface area contributed by atoms with Crippen molar-refractivity contribution in [1.82, 2.24) is 9.13 Å². The monoisotopic (exact) mass is 431 g/mol. The van der Waals surface area contributed by atoms with Crippen molar-refractivity contribution in [3.05, 3.63) is 111 Å². The molecule has 162 valence electrons. The van der Waals surface area contributed by atoms with Gasteiger partial charge in [-0.15, -0.1) is 0 Å². The molecule has 0 aliphatic heterocycles. The lowest BCUT2D eigenvalue weighted by atomic mass is 10.1. The first-order chi connectivity index (χ1) is 15.5. The fourth-order valence-electron chi connectivity index (χ4n) is 3.65. The molecule has 6 nitrogen and oxygen atoms in total. The lowest BCUT2D eigenvalue weighted by Gasteiger charge is -2.14. The number of aromatic nitrogens is 2. The van der Waals surface area contributed by atoms with Gasteiger partial charge in [0.05, 0.1) is 17.4 Å². The van der Waals surface area contributed by atoms with Crippen molar-refractivity contribution in [2.45, 2.75) is 26.4 Å². The van der Waals surface area contributed by atoms with Gasteiger partial charge in [0.25, 0.3) is 5.56 Å². The Balaban J connectivity index is 1.73. The average Bonchev–Trinajstić information content (AvgIpc) is 2.81. The number of benzene rings is 3. The fourth-order valence-corrected chi connectivity index (χ4v) is 3.65. The van der Waals surface area contributed by atoms with E-state index in [0.717, 1.165) is 16.6 Å². The third-order valence-corrected chi connectivity index (χ3v) is 5.31. The summed E-state index contributed by atoms with van der Waals surface area (Å²) in [6.07, 6.45) is 0.835. The minimum absolute atomic E-state index is 0.0249. The smallest absolute Gasteiger partial charge is 0.325 e. The first-order valence-electron chi connectivity index (χ1n) is 10.3. The summed E-state index contributed by atoms with van der Waals surface area (Å²) < 4.78 is 15.6. The van der Waals surface area contributed by atoms with Crippen LogP contribution < -0.4 is 16.6 Å². The van der Waals surface area contributed by atoms with Gasteiger partial charge in [-0.2, -0.15) is 0 Å². The molecule has 0 saturated carbocycles. The van der Waals surface area contributed by atoms with Gasteiger partial charge in [-0.3, -0.25) is 18.7 Å². The van der Waals surface area contributed by atoms with Gasteiger partial charge < -0.3 is 5.32 Å². The van der Waals surface area contributed by atoms with E-state index in [4.69, 9.17) is 0 Å². The number of amides is 1. The van der Waals surface area contributed by atoms with Crippen LogP contribution in [0.4, 0.5) is 10.1 Å². The molecule has 4 aromatic rings. The Kier molecular flexibility index (Phi) is 5.98. The minimum Gasteiger partial charge on any atom is -0.325 e. The normalized spacial score (nSPS) is 10.9. The Morgan fingerprint density at radius 3 is 2.41 bits per heavy atom. The van der Waals surface area contributed by atoms with Gasteiger partial charge in [0, 0.05) is 5.69 Å². The molecule has 0 radical (unpaired) electrons. The number of nitrogens with zero attached hydrogens (tertiary/aromatic N) is 2. The molecule has 0 spiro atoms. The van der Waals surface area contributed by atoms with E-state index < -0.39 is 17.1 Å². The predicted molar refractivity (Wildman–Crippen MR) is 122 cm³/mol. The molecule has 0 bridgehead atoms. The minimum atomic E-state index is -0.601. The van der Waals surface area contributed by atoms with Crippen LogP contribution in [0.2, 0.25) is 0 Å². The van der Waals surface area contributed by atoms with Crippen LogP contribution >= 0.6 is 0 Å². The van der Waals surface area contributed by atoms with Gasteiger partial charge in [-0.1, -0.05) is 43.3 Å². The van der Waals surface area contributed by atoms with Gasteiger partial charge >= 0.3 is 5.69 Å². The summed E-state index contributed by atoms with van der Waals surface area (Å²) in [6, 6.07) is 19.8. The van der Waals surface area contributed by atoms with Crippen molar-refractivity contribution in [2.75, 3.05) is 5.32 Å². The highest BCUT2D eigenvalue weighted by atomic mass is 19.1. The summed E-state index contributed by atoms with van der Waals surface area (Å²) >= 11 is 0. The summed E-state index contributed by atoms with van der Waals surface area (Å²) in [5.74, 6) is -0.779. The van der Waals surface area contributed by atoms with Crippen LogP contribution in [0.3, 0.4) is 0 Å². The van der Waals surface area contributed by atoms with E-state index in [1.807, 2.05) is 25.1 Å². The van der Waals surface area contributed by atoms with Gasteiger partial charge in [-0.05, 0) is 53.9 Å². The molecule has 1 N–H and O–H groups in total. The standard InChI is InChI=1S/C25H22FN3O3/c1-2-17-6-5-7-20(14-17)27-23(30)16-28-22-9-4-3-8-21(22)24(31)29(25(28)32)15-18-10-12-19(26)13-11-18/h3-14H,2,15-16H2,1H3,(H,27,30). The van der Waals surface area contributed by atoms with Crippen molar-refractivity contribution in [2.24, 2.45) is 0 Å². The quantitative estimate of drug-likeness (QED) is 0.507. The molecule has 1 aromatic heterocycles. The van der Waals surface area contributed by atoms with Crippen LogP contribution in [0.25, 0.3) is 10.9 Å². The van der Waals surface area contributed by atoms with Crippen molar-refractivity contribution in [1.29, 1.82) is 0 Å². The van der Waals surface area contributed by atoms with E-state index in [-0.39, 0.29) is 19.0 Å². The van der Waals surface area contributed by atoms with Crippen LogP contribution in [0.15, 0.2) is 82.4 Å². The molecular formula is C25H22FN3O3. The fraction of sp³-hybridized carbons (Fsp3) is 0.160. The van der Waals surface area contributed by atoms with Crippen molar-refractivity contribution in [3.8, 4) is 0 Å². The number of hydrogen-bond acceptors (Lipinski definition) is 3. The molecule has 32 heavy (non-hydrogen) atoms. The zero-order valence-electron chi connectivity index (χ0n) is 17.5. The number of rotatable bonds is 6. The zero-order valence-corrected chi connectivity index (χ0v) is 17.5. The van der Waals surface area contributed by atoms with Gasteiger partial charge in [-0.25, -0.2) is 9.18 Å². The first-order valence-corrected chi connectivity index (χ1v) is 10.3. The Labute approximate surface area is 183 Å². The molecule has 0 aliphatic carbocycles. The number of fused-ring (bicyclic) bond motifs is 1. The molecule has 0 fully saturated rings. The lowest BCUT2D eigenvalue weighted by molar-refractivity contribution is -0.116. The molecule has 1 heterocycles. The molecule has 4 rings (SSSR count). The maximum atomic E-state index is 13.2. The van der Waals surface area contributed by atoms with Crippen LogP contribution in [-0.2, 0) is 24.3 Å². The van der Waals surface area contributed by atoms with Crippen LogP contribution in [-0.4, -0.2) is 15.0 Å². The third kappa shape index (κ3) is 4.37. The lowest BCUT2D eigenvalue weighted by Crippen LogP contribution is -2.42. The largest absolute Gasteiger partial charge is 0.332 e. The second-order valence-corrected chi connectivity index (χ2v) is 7.51. The van der Waals surface area contributed by atoms with Crippen LogP contribution in [0, 0.1) is 5.82 Å². The van der Waals surface area contributed by atoms with E-state index in [0.29, 0.717) is 22.2 Å². The van der Waals surface area contributed by atoms with Gasteiger partial charge in [0.1, 0.15) is 12.4 Å². The highest BCUT2D eigenvalue weighted by Gasteiger charge is 2.16. The summed E-state index contributed by atoms with van der Waals surface area (Å²) in [6.45, 7) is 1.75. The highest BCUT2D eigenvalue weighted by molar-refractivity contribution is 5.91. The molecular weight excluding hydrogens is 409 g/mol. The average molecular weight is 431 g/mol. The van der Waals surface area contributed by atoms with E-state index in [2.05, 4.69) is 5.32 Å². The molecule has 3 aromatic carbocycles. The van der Waals surface area contributed by atoms with Crippen LogP contribution in [0.1, 0.15) is 18.1 Å². The van der Waals surface area contributed by atoms with E-state index in [1.165, 1.54) is 28.8 Å². The predicted octanol–water partition coefficient (Wildman–Crippen LogP) is 3.55. The molecule has 0 saturated heterocycles. The number of nitrogens with one attached hydrogen (secondary N) is 1. The number of carbonyl (C=O) groups excluding carboxylic acids is 1. The van der Waals surface area contributed by atoms with Crippen molar-refractivity contribution in [3.63, 3.8) is 0 Å². The van der Waals surface area contributed by atoms with E-state index >= 15 is 0 Å². The number of para-hydroxylation sites is 1. The Bertz CT molecular complexity index is 1400. The summed E-state index contributed by atoms with van der Waals surface area (Å²) in [4.78, 5) is 39.0. The second kappa shape index (κ2) is 9.01. The van der Waals surface area contributed by atoms with Gasteiger partial charge in [0.15, 0.2) is 0 Å². The Morgan fingerprint density at radius 1 is 0.906 bits per heavy atom. The molecule has 0 unspecified atom stereocenters. The topological polar surface area (TPSA) is 73.1 Å².